The van der Waals surface area contributed by atoms with Crippen molar-refractivity contribution in [3.05, 3.63) is 43.0 Å². The topological polar surface area (TPSA) is 6.48 Å². The minimum atomic E-state index is 0.282. The van der Waals surface area contributed by atoms with Crippen molar-refractivity contribution < 1.29 is 0 Å². The Labute approximate surface area is 95.8 Å². The second-order valence-corrected chi connectivity index (χ2v) is 4.04. The van der Waals surface area contributed by atoms with Crippen LogP contribution in [0.5, 0.6) is 0 Å². The van der Waals surface area contributed by atoms with E-state index in [-0.39, 0.29) is 6.04 Å². The Balaban J connectivity index is 2.35. The van der Waals surface area contributed by atoms with Crippen LogP contribution in [-0.2, 0) is 0 Å². The smallest absolute Gasteiger partial charge is 0.176 e. The zero-order chi connectivity index (χ0) is 10.8. The number of anilines is 1. The molecule has 1 saturated heterocycles. The molecule has 0 spiro atoms. The van der Waals surface area contributed by atoms with Crippen LogP contribution in [0, 0.1) is 0 Å². The van der Waals surface area contributed by atoms with Crippen molar-refractivity contribution >= 4 is 23.0 Å². The molecule has 0 aromatic heterocycles. The Hall–Kier alpha value is -1.35. The van der Waals surface area contributed by atoms with Crippen LogP contribution in [0.4, 0.5) is 5.69 Å². The van der Waals surface area contributed by atoms with E-state index in [2.05, 4.69) is 28.5 Å². The van der Waals surface area contributed by atoms with Gasteiger partial charge in [0.15, 0.2) is 5.11 Å². The summed E-state index contributed by atoms with van der Waals surface area (Å²) in [6.45, 7) is 4.77. The van der Waals surface area contributed by atoms with Gasteiger partial charge in [0.2, 0.25) is 0 Å². The highest BCUT2D eigenvalue weighted by Gasteiger charge is 2.30. The number of rotatable bonds is 2. The van der Waals surface area contributed by atoms with Gasteiger partial charge in [-0.1, -0.05) is 24.3 Å². The van der Waals surface area contributed by atoms with Gasteiger partial charge in [-0.15, -0.1) is 6.58 Å². The normalized spacial score (nSPS) is 20.9. The van der Waals surface area contributed by atoms with Crippen molar-refractivity contribution in [2.75, 3.05) is 18.5 Å². The molecule has 0 amide bonds. The second-order valence-electron chi connectivity index (χ2n) is 3.67. The molecule has 2 rings (SSSR count). The molecule has 15 heavy (non-hydrogen) atoms. The third-order valence-electron chi connectivity index (χ3n) is 2.63. The van der Waals surface area contributed by atoms with Crippen molar-refractivity contribution in [2.45, 2.75) is 6.04 Å². The van der Waals surface area contributed by atoms with Gasteiger partial charge in [0.05, 0.1) is 6.04 Å². The predicted octanol–water partition coefficient (Wildman–Crippen LogP) is 2.28. The van der Waals surface area contributed by atoms with Crippen LogP contribution in [0.2, 0.25) is 0 Å². The molecule has 1 aliphatic heterocycles. The standard InChI is InChI=1S/C12H14N2S/c1-3-10-9-13(2)12(15)14(10)11-7-5-4-6-8-11/h3-8,10H,1,9H2,2H3. The molecule has 0 aliphatic carbocycles. The SMILES string of the molecule is C=CC1CN(C)C(=S)N1c1ccccc1. The summed E-state index contributed by atoms with van der Waals surface area (Å²) in [6.07, 6.45) is 1.95. The molecule has 1 unspecified atom stereocenters. The summed E-state index contributed by atoms with van der Waals surface area (Å²) in [5.74, 6) is 0. The van der Waals surface area contributed by atoms with Crippen LogP contribution in [-0.4, -0.2) is 29.6 Å². The molecule has 3 heteroatoms. The van der Waals surface area contributed by atoms with Gasteiger partial charge >= 0.3 is 0 Å². The van der Waals surface area contributed by atoms with E-state index in [1.165, 1.54) is 0 Å². The van der Waals surface area contributed by atoms with Crippen LogP contribution in [0.15, 0.2) is 43.0 Å². The van der Waals surface area contributed by atoms with Gasteiger partial charge in [-0.05, 0) is 24.4 Å². The molecule has 0 saturated carbocycles. The van der Waals surface area contributed by atoms with Crippen LogP contribution >= 0.6 is 12.2 Å². The van der Waals surface area contributed by atoms with Crippen molar-refractivity contribution in [3.63, 3.8) is 0 Å². The maximum Gasteiger partial charge on any atom is 0.176 e. The first kappa shape index (κ1) is 10.2. The first-order chi connectivity index (χ1) is 7.24. The number of nitrogens with zero attached hydrogens (tertiary/aromatic N) is 2. The lowest BCUT2D eigenvalue weighted by molar-refractivity contribution is 0.546. The van der Waals surface area contributed by atoms with E-state index in [0.29, 0.717) is 0 Å². The van der Waals surface area contributed by atoms with E-state index < -0.39 is 0 Å². The van der Waals surface area contributed by atoms with E-state index in [0.717, 1.165) is 17.3 Å². The van der Waals surface area contributed by atoms with E-state index in [1.807, 2.05) is 31.3 Å². The fraction of sp³-hybridized carbons (Fsp3) is 0.250. The number of hydrogen-bond donors (Lipinski definition) is 0. The molecule has 1 aromatic carbocycles. The zero-order valence-electron chi connectivity index (χ0n) is 8.76. The van der Waals surface area contributed by atoms with E-state index in [1.54, 1.807) is 0 Å². The highest BCUT2D eigenvalue weighted by molar-refractivity contribution is 7.80. The van der Waals surface area contributed by atoms with Crippen molar-refractivity contribution in [2.24, 2.45) is 0 Å². The molecule has 0 N–H and O–H groups in total. The largest absolute Gasteiger partial charge is 0.349 e. The van der Waals surface area contributed by atoms with Gasteiger partial charge in [0, 0.05) is 19.3 Å². The quantitative estimate of drug-likeness (QED) is 0.555. The molecular weight excluding hydrogens is 204 g/mol. The Morgan fingerprint density at radius 3 is 2.67 bits per heavy atom. The van der Waals surface area contributed by atoms with Gasteiger partial charge in [0.25, 0.3) is 0 Å². The summed E-state index contributed by atoms with van der Waals surface area (Å²) in [4.78, 5) is 4.22. The molecule has 78 valence electrons. The van der Waals surface area contributed by atoms with Crippen molar-refractivity contribution in [1.82, 2.24) is 4.90 Å². The summed E-state index contributed by atoms with van der Waals surface area (Å²) in [5.41, 5.74) is 1.14. The number of likely N-dealkylation sites (N-methyl/N-ethyl adjacent to an activating group) is 1. The summed E-state index contributed by atoms with van der Waals surface area (Å²) >= 11 is 5.39. The fourth-order valence-corrected chi connectivity index (χ4v) is 2.15. The number of para-hydroxylation sites is 1. The number of benzene rings is 1. The molecular formula is C12H14N2S. The summed E-state index contributed by atoms with van der Waals surface area (Å²) in [6, 6.07) is 10.5. The highest BCUT2D eigenvalue weighted by Crippen LogP contribution is 2.24. The van der Waals surface area contributed by atoms with Gasteiger partial charge in [-0.2, -0.15) is 0 Å². The second kappa shape index (κ2) is 4.03. The zero-order valence-corrected chi connectivity index (χ0v) is 9.57. The third kappa shape index (κ3) is 1.75. The lowest BCUT2D eigenvalue weighted by Crippen LogP contribution is -2.32. The molecule has 1 aromatic rings. The van der Waals surface area contributed by atoms with Gasteiger partial charge in [-0.25, -0.2) is 0 Å². The fourth-order valence-electron chi connectivity index (χ4n) is 1.84. The first-order valence-electron chi connectivity index (χ1n) is 4.96. The van der Waals surface area contributed by atoms with E-state index in [9.17, 15) is 0 Å². The van der Waals surface area contributed by atoms with Crippen molar-refractivity contribution in [1.29, 1.82) is 0 Å². The molecule has 2 nitrogen and oxygen atoms in total. The van der Waals surface area contributed by atoms with E-state index in [4.69, 9.17) is 12.2 Å². The highest BCUT2D eigenvalue weighted by atomic mass is 32.1. The van der Waals surface area contributed by atoms with Crippen molar-refractivity contribution in [3.8, 4) is 0 Å². The minimum absolute atomic E-state index is 0.282. The van der Waals surface area contributed by atoms with Crippen LogP contribution in [0.3, 0.4) is 0 Å². The Morgan fingerprint density at radius 2 is 2.07 bits per heavy atom. The molecule has 0 radical (unpaired) electrons. The molecule has 1 heterocycles. The lowest BCUT2D eigenvalue weighted by atomic mass is 10.2. The average Bonchev–Trinajstić information content (AvgIpc) is 2.56. The number of hydrogen-bond acceptors (Lipinski definition) is 1. The minimum Gasteiger partial charge on any atom is -0.349 e. The monoisotopic (exact) mass is 218 g/mol. The molecule has 0 bridgehead atoms. The molecule has 1 fully saturated rings. The first-order valence-corrected chi connectivity index (χ1v) is 5.37. The maximum absolute atomic E-state index is 5.39. The van der Waals surface area contributed by atoms with E-state index >= 15 is 0 Å². The van der Waals surface area contributed by atoms with Gasteiger partial charge in [0.1, 0.15) is 0 Å². The summed E-state index contributed by atoms with van der Waals surface area (Å²) < 4.78 is 0. The third-order valence-corrected chi connectivity index (χ3v) is 3.14. The van der Waals surface area contributed by atoms with Gasteiger partial charge < -0.3 is 9.80 Å². The lowest BCUT2D eigenvalue weighted by Gasteiger charge is -2.22. The number of thiocarbonyl (C=S) groups is 1. The van der Waals surface area contributed by atoms with Crippen LogP contribution < -0.4 is 4.90 Å². The predicted molar refractivity (Wildman–Crippen MR) is 68.1 cm³/mol. The average molecular weight is 218 g/mol. The maximum atomic E-state index is 5.39. The molecule has 1 aliphatic rings. The van der Waals surface area contributed by atoms with Crippen LogP contribution in [0.1, 0.15) is 0 Å². The van der Waals surface area contributed by atoms with Gasteiger partial charge in [-0.3, -0.25) is 0 Å². The molecule has 1 atom stereocenters. The van der Waals surface area contributed by atoms with Crippen LogP contribution in [0.25, 0.3) is 0 Å². The summed E-state index contributed by atoms with van der Waals surface area (Å²) in [7, 11) is 2.02. The Bertz CT molecular complexity index is 374. The summed E-state index contributed by atoms with van der Waals surface area (Å²) in [5, 5.41) is 0.867. The Morgan fingerprint density at radius 1 is 1.40 bits per heavy atom. The Kier molecular flexibility index (Phi) is 2.73.